The average molecular weight is 301 g/mol. The molecule has 0 unspecified atom stereocenters. The summed E-state index contributed by atoms with van der Waals surface area (Å²) in [7, 11) is 0. The summed E-state index contributed by atoms with van der Waals surface area (Å²) in [5.41, 5.74) is 9.61. The van der Waals surface area contributed by atoms with E-state index >= 15 is 0 Å². The van der Waals surface area contributed by atoms with Crippen LogP contribution >= 0.6 is 11.3 Å². The fourth-order valence-corrected chi connectivity index (χ4v) is 3.10. The van der Waals surface area contributed by atoms with Crippen LogP contribution < -0.4 is 5.73 Å². The number of nitrogens with zero attached hydrogens (tertiary/aromatic N) is 2. The van der Waals surface area contributed by atoms with Gasteiger partial charge in [0.25, 0.3) is 0 Å². The van der Waals surface area contributed by atoms with Gasteiger partial charge in [-0.25, -0.2) is 9.97 Å². The summed E-state index contributed by atoms with van der Waals surface area (Å²) in [5.74, 6) is 0.630. The number of hydrogen-bond donors (Lipinski definition) is 1. The Morgan fingerprint density at radius 1 is 1.24 bits per heavy atom. The maximum absolute atomic E-state index is 5.88. The Bertz CT molecular complexity index is 796. The first-order valence-electron chi connectivity index (χ1n) is 6.96. The Balaban J connectivity index is 2.10. The quantitative estimate of drug-likeness (QED) is 0.776. The van der Waals surface area contributed by atoms with Gasteiger partial charge in [-0.1, -0.05) is 26.8 Å². The van der Waals surface area contributed by atoms with E-state index in [2.05, 4.69) is 42.9 Å². The fraction of sp³-hybridized carbons (Fsp3) is 0.375. The minimum absolute atomic E-state index is 0.0976. The second kappa shape index (κ2) is 4.93. The van der Waals surface area contributed by atoms with Gasteiger partial charge in [0.2, 0.25) is 5.89 Å². The molecule has 0 bridgehead atoms. The smallest absolute Gasteiger partial charge is 0.239 e. The number of thiazole rings is 1. The maximum atomic E-state index is 5.88. The van der Waals surface area contributed by atoms with Crippen LogP contribution in [0.15, 0.2) is 22.6 Å². The first-order chi connectivity index (χ1) is 9.88. The van der Waals surface area contributed by atoms with Crippen molar-refractivity contribution in [1.29, 1.82) is 0 Å². The third-order valence-corrected chi connectivity index (χ3v) is 4.63. The Labute approximate surface area is 128 Å². The van der Waals surface area contributed by atoms with Crippen LogP contribution in [-0.4, -0.2) is 9.97 Å². The summed E-state index contributed by atoms with van der Waals surface area (Å²) in [5, 5.41) is 0.903. The Hall–Kier alpha value is -1.72. The molecule has 0 radical (unpaired) electrons. The van der Waals surface area contributed by atoms with Crippen LogP contribution in [0.4, 0.5) is 0 Å². The topological polar surface area (TPSA) is 64.9 Å². The van der Waals surface area contributed by atoms with Gasteiger partial charge in [-0.05, 0) is 30.0 Å². The lowest BCUT2D eigenvalue weighted by atomic mass is 9.87. The van der Waals surface area contributed by atoms with Crippen LogP contribution in [0.1, 0.15) is 37.0 Å². The highest BCUT2D eigenvalue weighted by Crippen LogP contribution is 2.33. The molecule has 2 N–H and O–H groups in total. The molecule has 0 fully saturated rings. The van der Waals surface area contributed by atoms with Gasteiger partial charge in [0, 0.05) is 6.54 Å². The molecule has 0 aliphatic heterocycles. The van der Waals surface area contributed by atoms with E-state index in [-0.39, 0.29) is 5.41 Å². The van der Waals surface area contributed by atoms with Gasteiger partial charge < -0.3 is 10.2 Å². The molecule has 110 valence electrons. The van der Waals surface area contributed by atoms with Crippen molar-refractivity contribution in [2.24, 2.45) is 5.73 Å². The molecule has 3 rings (SSSR count). The van der Waals surface area contributed by atoms with Crippen molar-refractivity contribution in [3.05, 3.63) is 34.5 Å². The summed E-state index contributed by atoms with van der Waals surface area (Å²) in [6.07, 6.45) is 0. The minimum Gasteiger partial charge on any atom is -0.435 e. The van der Waals surface area contributed by atoms with Crippen molar-refractivity contribution in [3.63, 3.8) is 0 Å². The van der Waals surface area contributed by atoms with Gasteiger partial charge in [-0.15, -0.1) is 11.3 Å². The van der Waals surface area contributed by atoms with Crippen molar-refractivity contribution in [2.45, 2.75) is 39.7 Å². The number of nitrogens with two attached hydrogens (primary N) is 1. The van der Waals surface area contributed by atoms with Gasteiger partial charge in [0.05, 0.1) is 5.69 Å². The standard InChI is InChI=1S/C16H19N3OS/c1-9-14(21-13(8-17)18-9)15-19-11-7-10(16(2,3)4)5-6-12(11)20-15/h5-7H,8,17H2,1-4H3. The van der Waals surface area contributed by atoms with Crippen LogP contribution in [0.25, 0.3) is 21.9 Å². The van der Waals surface area contributed by atoms with E-state index in [1.165, 1.54) is 5.56 Å². The first-order valence-corrected chi connectivity index (χ1v) is 7.78. The van der Waals surface area contributed by atoms with Crippen LogP contribution in [0.3, 0.4) is 0 Å². The summed E-state index contributed by atoms with van der Waals surface area (Å²) >= 11 is 1.55. The number of oxazole rings is 1. The van der Waals surface area contributed by atoms with Crippen molar-refractivity contribution < 1.29 is 4.42 Å². The van der Waals surface area contributed by atoms with Crippen molar-refractivity contribution in [3.8, 4) is 10.8 Å². The molecule has 0 saturated heterocycles. The molecule has 0 aliphatic carbocycles. The highest BCUT2D eigenvalue weighted by atomic mass is 32.1. The SMILES string of the molecule is Cc1nc(CN)sc1-c1nc2cc(C(C)(C)C)ccc2o1. The number of benzene rings is 1. The molecule has 0 saturated carbocycles. The van der Waals surface area contributed by atoms with Crippen molar-refractivity contribution in [2.75, 3.05) is 0 Å². The summed E-state index contributed by atoms with van der Waals surface area (Å²) in [4.78, 5) is 10.0. The number of fused-ring (bicyclic) bond motifs is 1. The lowest BCUT2D eigenvalue weighted by Gasteiger charge is -2.18. The third kappa shape index (κ3) is 2.59. The van der Waals surface area contributed by atoms with Gasteiger partial charge >= 0.3 is 0 Å². The highest BCUT2D eigenvalue weighted by Gasteiger charge is 2.18. The predicted octanol–water partition coefficient (Wildman–Crippen LogP) is 4.02. The third-order valence-electron chi connectivity index (χ3n) is 3.46. The maximum Gasteiger partial charge on any atom is 0.239 e. The van der Waals surface area contributed by atoms with Gasteiger partial charge in [0.1, 0.15) is 15.4 Å². The van der Waals surface area contributed by atoms with E-state index in [1.807, 2.05) is 13.0 Å². The molecule has 2 heterocycles. The summed E-state index contributed by atoms with van der Waals surface area (Å²) < 4.78 is 5.88. The van der Waals surface area contributed by atoms with E-state index in [1.54, 1.807) is 11.3 Å². The van der Waals surface area contributed by atoms with Crippen LogP contribution in [0.5, 0.6) is 0 Å². The van der Waals surface area contributed by atoms with Crippen LogP contribution in [0, 0.1) is 6.92 Å². The zero-order valence-corrected chi connectivity index (χ0v) is 13.5. The highest BCUT2D eigenvalue weighted by molar-refractivity contribution is 7.15. The first kappa shape index (κ1) is 14.2. The molecule has 2 aromatic heterocycles. The van der Waals surface area contributed by atoms with Crippen LogP contribution in [0.2, 0.25) is 0 Å². The molecule has 5 heteroatoms. The lowest BCUT2D eigenvalue weighted by molar-refractivity contribution is 0.590. The minimum atomic E-state index is 0.0976. The second-order valence-corrected chi connectivity index (χ2v) is 7.26. The molecule has 1 aromatic carbocycles. The van der Waals surface area contributed by atoms with Crippen LogP contribution in [-0.2, 0) is 12.0 Å². The summed E-state index contributed by atoms with van der Waals surface area (Å²) in [6.45, 7) is 8.97. The molecular weight excluding hydrogens is 282 g/mol. The molecule has 4 nitrogen and oxygen atoms in total. The average Bonchev–Trinajstić information content (AvgIpc) is 2.99. The summed E-state index contributed by atoms with van der Waals surface area (Å²) in [6, 6.07) is 6.19. The van der Waals surface area contributed by atoms with Gasteiger partial charge in [0.15, 0.2) is 5.58 Å². The Morgan fingerprint density at radius 2 is 2.00 bits per heavy atom. The molecule has 0 amide bonds. The lowest BCUT2D eigenvalue weighted by Crippen LogP contribution is -2.10. The molecule has 0 aliphatic rings. The van der Waals surface area contributed by atoms with E-state index in [4.69, 9.17) is 10.2 Å². The number of aromatic nitrogens is 2. The molecule has 3 aromatic rings. The zero-order chi connectivity index (χ0) is 15.2. The molecule has 0 atom stereocenters. The normalized spacial score (nSPS) is 12.2. The molecular formula is C16H19N3OS. The van der Waals surface area contributed by atoms with Gasteiger partial charge in [-0.3, -0.25) is 0 Å². The van der Waals surface area contributed by atoms with Gasteiger partial charge in [-0.2, -0.15) is 0 Å². The van der Waals surface area contributed by atoms with E-state index in [0.29, 0.717) is 12.4 Å². The largest absolute Gasteiger partial charge is 0.435 e. The zero-order valence-electron chi connectivity index (χ0n) is 12.7. The molecule has 0 spiro atoms. The number of rotatable bonds is 2. The monoisotopic (exact) mass is 301 g/mol. The molecule has 21 heavy (non-hydrogen) atoms. The van der Waals surface area contributed by atoms with Crippen molar-refractivity contribution >= 4 is 22.4 Å². The van der Waals surface area contributed by atoms with E-state index in [9.17, 15) is 0 Å². The van der Waals surface area contributed by atoms with Crippen molar-refractivity contribution in [1.82, 2.24) is 9.97 Å². The van der Waals surface area contributed by atoms with E-state index in [0.717, 1.165) is 26.7 Å². The second-order valence-electron chi connectivity index (χ2n) is 6.18. The number of hydrogen-bond acceptors (Lipinski definition) is 5. The van der Waals surface area contributed by atoms with E-state index < -0.39 is 0 Å². The number of aryl methyl sites for hydroxylation is 1. The Morgan fingerprint density at radius 3 is 2.62 bits per heavy atom. The Kier molecular flexibility index (Phi) is 3.34. The predicted molar refractivity (Wildman–Crippen MR) is 86.4 cm³/mol. The fourth-order valence-electron chi connectivity index (χ4n) is 2.23.